The Hall–Kier alpha value is -0.530. The van der Waals surface area contributed by atoms with E-state index in [2.05, 4.69) is 23.9 Å². The third-order valence-electron chi connectivity index (χ3n) is 6.37. The molecule has 168 valence electrons. The maximum absolute atomic E-state index is 13.2. The first-order chi connectivity index (χ1) is 12.8. The standard InChI is InChI=1S/C21H31F3N2O.2ClH/c1-25(2)17-10-11-26(13-17)14-19(18-8-3-4-9-20(18)27)15-6-5-7-16(12-15)21(22,23)24;;/h5-7,12,17-20,27H,3-4,8-11,13-14H2,1-2H3;2*1H/t17-,18?,19?,20?;;/m0../s1. The summed E-state index contributed by atoms with van der Waals surface area (Å²) in [6, 6.07) is 6.23. The fourth-order valence-corrected chi connectivity index (χ4v) is 4.72. The highest BCUT2D eigenvalue weighted by Gasteiger charge is 2.36. The Morgan fingerprint density at radius 2 is 1.83 bits per heavy atom. The number of halogens is 5. The van der Waals surface area contributed by atoms with Gasteiger partial charge in [-0.05, 0) is 57.5 Å². The summed E-state index contributed by atoms with van der Waals surface area (Å²) in [5, 5.41) is 10.6. The second-order valence-electron chi connectivity index (χ2n) is 8.41. The number of benzene rings is 1. The number of likely N-dealkylation sites (N-methyl/N-ethyl adjacent to an activating group) is 1. The van der Waals surface area contributed by atoms with Gasteiger partial charge in [-0.2, -0.15) is 13.2 Å². The van der Waals surface area contributed by atoms with Gasteiger partial charge in [0.05, 0.1) is 11.7 Å². The van der Waals surface area contributed by atoms with E-state index in [9.17, 15) is 18.3 Å². The zero-order valence-corrected chi connectivity index (χ0v) is 18.7. The highest BCUT2D eigenvalue weighted by Crippen LogP contribution is 2.39. The molecule has 0 aromatic heterocycles. The summed E-state index contributed by atoms with van der Waals surface area (Å²) in [6.07, 6.45) is -0.0134. The summed E-state index contributed by atoms with van der Waals surface area (Å²) in [6.45, 7) is 2.61. The van der Waals surface area contributed by atoms with Crippen molar-refractivity contribution in [2.24, 2.45) is 5.92 Å². The second-order valence-corrected chi connectivity index (χ2v) is 8.41. The van der Waals surface area contributed by atoms with Crippen molar-refractivity contribution in [2.75, 3.05) is 33.7 Å². The largest absolute Gasteiger partial charge is 0.416 e. The van der Waals surface area contributed by atoms with Gasteiger partial charge in [0.25, 0.3) is 0 Å². The maximum atomic E-state index is 13.2. The van der Waals surface area contributed by atoms with Crippen LogP contribution in [0.3, 0.4) is 0 Å². The van der Waals surface area contributed by atoms with Crippen LogP contribution in [0.1, 0.15) is 49.1 Å². The SMILES string of the molecule is CN(C)[C@H]1CCN(CC(c2cccc(C(F)(F)F)c2)C2CCCCC2O)C1.Cl.Cl. The maximum Gasteiger partial charge on any atom is 0.416 e. The number of rotatable bonds is 5. The van der Waals surface area contributed by atoms with Crippen LogP contribution in [0.4, 0.5) is 13.2 Å². The first kappa shape index (κ1) is 26.5. The van der Waals surface area contributed by atoms with Crippen LogP contribution in [-0.2, 0) is 6.18 Å². The van der Waals surface area contributed by atoms with Crippen molar-refractivity contribution in [3.05, 3.63) is 35.4 Å². The van der Waals surface area contributed by atoms with E-state index in [0.29, 0.717) is 18.2 Å². The third-order valence-corrected chi connectivity index (χ3v) is 6.37. The first-order valence-electron chi connectivity index (χ1n) is 9.99. The zero-order valence-electron chi connectivity index (χ0n) is 17.1. The minimum absolute atomic E-state index is 0. The Labute approximate surface area is 184 Å². The van der Waals surface area contributed by atoms with E-state index in [4.69, 9.17) is 0 Å². The van der Waals surface area contributed by atoms with E-state index in [-0.39, 0.29) is 36.6 Å². The molecule has 3 rings (SSSR count). The minimum Gasteiger partial charge on any atom is -0.393 e. The normalized spacial score (nSPS) is 26.7. The van der Waals surface area contributed by atoms with E-state index < -0.39 is 17.8 Å². The van der Waals surface area contributed by atoms with Gasteiger partial charge in [-0.3, -0.25) is 0 Å². The molecule has 3 unspecified atom stereocenters. The Morgan fingerprint density at radius 1 is 1.14 bits per heavy atom. The molecule has 1 aliphatic heterocycles. The minimum atomic E-state index is -4.34. The van der Waals surface area contributed by atoms with Gasteiger partial charge in [0, 0.05) is 25.0 Å². The lowest BCUT2D eigenvalue weighted by Crippen LogP contribution is -2.38. The van der Waals surface area contributed by atoms with Crippen molar-refractivity contribution < 1.29 is 18.3 Å². The van der Waals surface area contributed by atoms with Crippen molar-refractivity contribution in [1.29, 1.82) is 0 Å². The van der Waals surface area contributed by atoms with Gasteiger partial charge in [-0.15, -0.1) is 24.8 Å². The smallest absolute Gasteiger partial charge is 0.393 e. The van der Waals surface area contributed by atoms with Crippen LogP contribution in [0, 0.1) is 5.92 Å². The molecule has 8 heteroatoms. The lowest BCUT2D eigenvalue weighted by Gasteiger charge is -2.37. The van der Waals surface area contributed by atoms with Crippen LogP contribution in [0.5, 0.6) is 0 Å². The molecule has 2 aliphatic rings. The fourth-order valence-electron chi connectivity index (χ4n) is 4.72. The lowest BCUT2D eigenvalue weighted by atomic mass is 9.74. The molecular weight excluding hydrogens is 424 g/mol. The van der Waals surface area contributed by atoms with Crippen molar-refractivity contribution in [3.63, 3.8) is 0 Å². The van der Waals surface area contributed by atoms with Gasteiger partial charge in [0.2, 0.25) is 0 Å². The van der Waals surface area contributed by atoms with Crippen molar-refractivity contribution >= 4 is 24.8 Å². The highest BCUT2D eigenvalue weighted by atomic mass is 35.5. The van der Waals surface area contributed by atoms with Crippen molar-refractivity contribution in [2.45, 2.75) is 56.3 Å². The number of hydrogen-bond acceptors (Lipinski definition) is 3. The van der Waals surface area contributed by atoms with Crippen LogP contribution < -0.4 is 0 Å². The average molecular weight is 457 g/mol. The van der Waals surface area contributed by atoms with E-state index in [1.807, 2.05) is 0 Å². The van der Waals surface area contributed by atoms with Gasteiger partial charge >= 0.3 is 6.18 Å². The topological polar surface area (TPSA) is 26.7 Å². The van der Waals surface area contributed by atoms with Gasteiger partial charge in [0.1, 0.15) is 0 Å². The zero-order chi connectivity index (χ0) is 19.6. The van der Waals surface area contributed by atoms with Crippen LogP contribution in [-0.4, -0.2) is 60.8 Å². The Kier molecular flexibility index (Phi) is 10.2. The Balaban J connectivity index is 0.00000210. The summed E-state index contributed by atoms with van der Waals surface area (Å²) in [4.78, 5) is 4.58. The first-order valence-corrected chi connectivity index (χ1v) is 9.99. The molecule has 1 aromatic carbocycles. The van der Waals surface area contributed by atoms with Gasteiger partial charge in [-0.1, -0.05) is 31.0 Å². The summed E-state index contributed by atoms with van der Waals surface area (Å²) in [5.74, 6) is -0.0378. The lowest BCUT2D eigenvalue weighted by molar-refractivity contribution is -0.137. The number of nitrogens with zero attached hydrogens (tertiary/aromatic N) is 2. The van der Waals surface area contributed by atoms with Gasteiger partial charge < -0.3 is 14.9 Å². The van der Waals surface area contributed by atoms with E-state index >= 15 is 0 Å². The van der Waals surface area contributed by atoms with Gasteiger partial charge in [0.15, 0.2) is 0 Å². The molecule has 1 heterocycles. The second kappa shape index (κ2) is 11.2. The number of aliphatic hydroxyl groups is 1. The van der Waals surface area contributed by atoms with Crippen LogP contribution in [0.25, 0.3) is 0 Å². The monoisotopic (exact) mass is 456 g/mol. The molecule has 1 saturated heterocycles. The molecule has 29 heavy (non-hydrogen) atoms. The summed E-state index contributed by atoms with van der Waals surface area (Å²) >= 11 is 0. The molecule has 0 radical (unpaired) electrons. The highest BCUT2D eigenvalue weighted by molar-refractivity contribution is 5.85. The van der Waals surface area contributed by atoms with Crippen molar-refractivity contribution in [1.82, 2.24) is 9.80 Å². The van der Waals surface area contributed by atoms with E-state index in [0.717, 1.165) is 51.3 Å². The van der Waals surface area contributed by atoms with E-state index in [1.54, 1.807) is 6.07 Å². The molecule has 1 aliphatic carbocycles. The number of aliphatic hydroxyl groups excluding tert-OH is 1. The number of hydrogen-bond donors (Lipinski definition) is 1. The molecule has 4 atom stereocenters. The van der Waals surface area contributed by atoms with Gasteiger partial charge in [-0.25, -0.2) is 0 Å². The van der Waals surface area contributed by atoms with E-state index in [1.165, 1.54) is 12.1 Å². The summed E-state index contributed by atoms with van der Waals surface area (Å²) < 4.78 is 39.7. The average Bonchev–Trinajstić information content (AvgIpc) is 3.09. The number of likely N-dealkylation sites (tertiary alicyclic amines) is 1. The molecular formula is C21H33Cl2F3N2O. The molecule has 0 bridgehead atoms. The predicted molar refractivity (Wildman–Crippen MR) is 115 cm³/mol. The molecule has 0 amide bonds. The van der Waals surface area contributed by atoms with Crippen LogP contribution in [0.2, 0.25) is 0 Å². The molecule has 1 aromatic rings. The molecule has 3 nitrogen and oxygen atoms in total. The number of alkyl halides is 3. The third kappa shape index (κ3) is 6.73. The van der Waals surface area contributed by atoms with Crippen LogP contribution in [0.15, 0.2) is 24.3 Å². The summed E-state index contributed by atoms with van der Waals surface area (Å²) in [5.41, 5.74) is 0.118. The quantitative estimate of drug-likeness (QED) is 0.687. The Bertz CT molecular complexity index is 630. The summed E-state index contributed by atoms with van der Waals surface area (Å²) in [7, 11) is 4.15. The molecule has 1 saturated carbocycles. The van der Waals surface area contributed by atoms with Crippen LogP contribution >= 0.6 is 24.8 Å². The van der Waals surface area contributed by atoms with Crippen molar-refractivity contribution in [3.8, 4) is 0 Å². The Morgan fingerprint density at radius 3 is 2.41 bits per heavy atom. The molecule has 2 fully saturated rings. The molecule has 1 N–H and O–H groups in total. The molecule has 0 spiro atoms. The fraction of sp³-hybridized carbons (Fsp3) is 0.714. The predicted octanol–water partition coefficient (Wildman–Crippen LogP) is 4.82.